The molecule has 10 nitrogen and oxygen atoms in total. The lowest BCUT2D eigenvalue weighted by atomic mass is 9.93. The minimum atomic E-state index is -0.517. The molecule has 0 radical (unpaired) electrons. The molecule has 3 N–H and O–H groups in total. The van der Waals surface area contributed by atoms with Crippen LogP contribution < -0.4 is 15.8 Å². The van der Waals surface area contributed by atoms with Gasteiger partial charge in [0.25, 0.3) is 0 Å². The van der Waals surface area contributed by atoms with E-state index in [9.17, 15) is 10.1 Å². The molecule has 10 heteroatoms. The van der Waals surface area contributed by atoms with E-state index in [1.165, 1.54) is 12.4 Å². The van der Waals surface area contributed by atoms with Crippen LogP contribution >= 0.6 is 0 Å². The van der Waals surface area contributed by atoms with Crippen LogP contribution in [0.4, 0.5) is 17.3 Å². The van der Waals surface area contributed by atoms with Crippen LogP contribution in [0.3, 0.4) is 0 Å². The van der Waals surface area contributed by atoms with Crippen molar-refractivity contribution in [3.8, 4) is 5.75 Å². The largest absolute Gasteiger partial charge is 0.488 e. The fourth-order valence-corrected chi connectivity index (χ4v) is 3.33. The summed E-state index contributed by atoms with van der Waals surface area (Å²) in [5, 5.41) is 13.9. The molecule has 0 unspecified atom stereocenters. The van der Waals surface area contributed by atoms with Gasteiger partial charge in [-0.05, 0) is 31.7 Å². The lowest BCUT2D eigenvalue weighted by Crippen LogP contribution is -2.31. The second kappa shape index (κ2) is 7.59. The highest BCUT2D eigenvalue weighted by Gasteiger charge is 2.24. The molecule has 0 bridgehead atoms. The number of anilines is 2. The third kappa shape index (κ3) is 3.90. The predicted octanol–water partition coefficient (Wildman–Crippen LogP) is 2.71. The summed E-state index contributed by atoms with van der Waals surface area (Å²) in [6, 6.07) is 3.76. The van der Waals surface area contributed by atoms with Gasteiger partial charge in [0.05, 0.1) is 16.5 Å². The van der Waals surface area contributed by atoms with E-state index in [0.29, 0.717) is 28.4 Å². The van der Waals surface area contributed by atoms with Crippen LogP contribution in [0.5, 0.6) is 5.75 Å². The van der Waals surface area contributed by atoms with Gasteiger partial charge in [0.1, 0.15) is 23.7 Å². The Hall–Kier alpha value is -3.56. The lowest BCUT2D eigenvalue weighted by Gasteiger charge is -2.29. The molecular weight excluding hydrogens is 362 g/mol. The number of benzene rings is 1. The lowest BCUT2D eigenvalue weighted by molar-refractivity contribution is -0.385. The first kappa shape index (κ1) is 17.8. The summed E-state index contributed by atoms with van der Waals surface area (Å²) >= 11 is 0. The molecule has 0 atom stereocenters. The van der Waals surface area contributed by atoms with E-state index in [0.717, 1.165) is 25.7 Å². The molecule has 1 aromatic carbocycles. The maximum absolute atomic E-state index is 10.7. The van der Waals surface area contributed by atoms with Crippen molar-refractivity contribution in [2.45, 2.75) is 37.8 Å². The highest BCUT2D eigenvalue weighted by atomic mass is 16.6. The Kier molecular flexibility index (Phi) is 4.83. The van der Waals surface area contributed by atoms with Crippen LogP contribution in [-0.4, -0.2) is 37.0 Å². The van der Waals surface area contributed by atoms with Crippen molar-refractivity contribution in [1.82, 2.24) is 19.9 Å². The molecule has 0 amide bonds. The average molecular weight is 381 g/mol. The number of fused-ring (bicyclic) bond motifs is 1. The Morgan fingerprint density at radius 3 is 2.50 bits per heavy atom. The van der Waals surface area contributed by atoms with Crippen LogP contribution in [0.15, 0.2) is 36.9 Å². The SMILES string of the molecule is Nc1cc(OC2CCC(Nc3ncc([N+](=O)[O-])cn3)CC2)c2nccnc2c1. The van der Waals surface area contributed by atoms with Crippen LogP contribution in [0.1, 0.15) is 25.7 Å². The Labute approximate surface area is 160 Å². The molecule has 0 aliphatic heterocycles. The summed E-state index contributed by atoms with van der Waals surface area (Å²) in [7, 11) is 0. The highest BCUT2D eigenvalue weighted by molar-refractivity contribution is 5.84. The maximum Gasteiger partial charge on any atom is 0.305 e. The Balaban J connectivity index is 1.36. The Morgan fingerprint density at radius 2 is 1.79 bits per heavy atom. The average Bonchev–Trinajstić information content (AvgIpc) is 2.70. The van der Waals surface area contributed by atoms with E-state index in [2.05, 4.69) is 25.3 Å². The molecule has 0 saturated heterocycles. The Bertz CT molecular complexity index is 988. The fraction of sp³-hybridized carbons (Fsp3) is 0.333. The first-order valence-electron chi connectivity index (χ1n) is 8.98. The van der Waals surface area contributed by atoms with Gasteiger partial charge in [-0.1, -0.05) is 0 Å². The fourth-order valence-electron chi connectivity index (χ4n) is 3.33. The van der Waals surface area contributed by atoms with Crippen LogP contribution in [0, 0.1) is 10.1 Å². The molecule has 4 rings (SSSR count). The zero-order chi connectivity index (χ0) is 19.5. The van der Waals surface area contributed by atoms with E-state index in [1.807, 2.05) is 0 Å². The number of nitrogens with zero attached hydrogens (tertiary/aromatic N) is 5. The first-order valence-corrected chi connectivity index (χ1v) is 8.98. The van der Waals surface area contributed by atoms with Gasteiger partial charge in [-0.25, -0.2) is 15.0 Å². The second-order valence-corrected chi connectivity index (χ2v) is 6.70. The highest BCUT2D eigenvalue weighted by Crippen LogP contribution is 2.30. The molecule has 2 heterocycles. The number of rotatable bonds is 5. The van der Waals surface area contributed by atoms with Crippen LogP contribution in [0.2, 0.25) is 0 Å². The minimum Gasteiger partial charge on any atom is -0.488 e. The number of hydrogen-bond acceptors (Lipinski definition) is 9. The summed E-state index contributed by atoms with van der Waals surface area (Å²) in [6.45, 7) is 0. The van der Waals surface area contributed by atoms with Crippen molar-refractivity contribution in [3.63, 3.8) is 0 Å². The van der Waals surface area contributed by atoms with Gasteiger partial charge >= 0.3 is 5.69 Å². The number of nitrogens with two attached hydrogens (primary N) is 1. The van der Waals surface area contributed by atoms with Crippen molar-refractivity contribution in [2.75, 3.05) is 11.1 Å². The summed E-state index contributed by atoms with van der Waals surface area (Å²) < 4.78 is 6.17. The van der Waals surface area contributed by atoms with Crippen molar-refractivity contribution in [2.24, 2.45) is 0 Å². The third-order valence-electron chi connectivity index (χ3n) is 4.71. The summed E-state index contributed by atoms with van der Waals surface area (Å²) in [5.74, 6) is 1.05. The molecule has 3 aromatic rings. The third-order valence-corrected chi connectivity index (χ3v) is 4.71. The molecule has 2 aromatic heterocycles. The molecule has 144 valence electrons. The number of nitrogen functional groups attached to an aromatic ring is 1. The Morgan fingerprint density at radius 1 is 1.07 bits per heavy atom. The summed E-state index contributed by atoms with van der Waals surface area (Å²) in [5.41, 5.74) is 7.84. The molecular formula is C18H19N7O3. The zero-order valence-corrected chi connectivity index (χ0v) is 15.0. The predicted molar refractivity (Wildman–Crippen MR) is 103 cm³/mol. The van der Waals surface area contributed by atoms with Crippen molar-refractivity contribution < 1.29 is 9.66 Å². The van der Waals surface area contributed by atoms with Crippen LogP contribution in [-0.2, 0) is 0 Å². The van der Waals surface area contributed by atoms with E-state index >= 15 is 0 Å². The number of hydrogen-bond donors (Lipinski definition) is 2. The quantitative estimate of drug-likeness (QED) is 0.387. The number of ether oxygens (including phenoxy) is 1. The monoisotopic (exact) mass is 381 g/mol. The summed E-state index contributed by atoms with van der Waals surface area (Å²) in [6.07, 6.45) is 9.17. The smallest absolute Gasteiger partial charge is 0.305 e. The van der Waals surface area contributed by atoms with E-state index in [4.69, 9.17) is 10.5 Å². The van der Waals surface area contributed by atoms with Crippen molar-refractivity contribution >= 4 is 28.4 Å². The van der Waals surface area contributed by atoms with Crippen LogP contribution in [0.25, 0.3) is 11.0 Å². The number of nitro groups is 1. The zero-order valence-electron chi connectivity index (χ0n) is 15.0. The van der Waals surface area contributed by atoms with E-state index < -0.39 is 4.92 Å². The van der Waals surface area contributed by atoms with Gasteiger partial charge in [-0.15, -0.1) is 0 Å². The summed E-state index contributed by atoms with van der Waals surface area (Å²) in [4.78, 5) is 26.8. The van der Waals surface area contributed by atoms with Gasteiger partial charge < -0.3 is 15.8 Å². The van der Waals surface area contributed by atoms with Crippen molar-refractivity contribution in [1.29, 1.82) is 0 Å². The number of aromatic nitrogens is 4. The van der Waals surface area contributed by atoms with E-state index in [-0.39, 0.29) is 17.8 Å². The normalized spacial score (nSPS) is 19.3. The second-order valence-electron chi connectivity index (χ2n) is 6.70. The molecule has 1 saturated carbocycles. The van der Waals surface area contributed by atoms with Gasteiger partial charge in [0.2, 0.25) is 5.95 Å². The first-order chi connectivity index (χ1) is 13.6. The minimum absolute atomic E-state index is 0.0582. The topological polar surface area (TPSA) is 142 Å². The molecule has 1 aliphatic rings. The van der Waals surface area contributed by atoms with Gasteiger partial charge in [-0.3, -0.25) is 15.1 Å². The van der Waals surface area contributed by atoms with Gasteiger partial charge in [0, 0.05) is 30.2 Å². The van der Waals surface area contributed by atoms with Gasteiger partial charge in [0.15, 0.2) is 0 Å². The molecule has 1 aliphatic carbocycles. The van der Waals surface area contributed by atoms with Crippen molar-refractivity contribution in [3.05, 3.63) is 47.0 Å². The molecule has 28 heavy (non-hydrogen) atoms. The maximum atomic E-state index is 10.7. The number of nitrogens with one attached hydrogen (secondary N) is 1. The van der Waals surface area contributed by atoms with E-state index in [1.54, 1.807) is 24.5 Å². The molecule has 1 fully saturated rings. The van der Waals surface area contributed by atoms with Gasteiger partial charge in [-0.2, -0.15) is 0 Å². The standard InChI is InChI=1S/C18H19N7O3/c19-11-7-15-17(21-6-5-20-15)16(8-11)28-14-3-1-12(2-4-14)24-18-22-9-13(10-23-18)25(26)27/h5-10,12,14H,1-4,19H2,(H,22,23,24). The molecule has 0 spiro atoms.